The number of carbonyl (C=O) groups excluding carboxylic acids is 1. The Morgan fingerprint density at radius 1 is 1.41 bits per heavy atom. The lowest BCUT2D eigenvalue weighted by molar-refractivity contribution is -0.384. The van der Waals surface area contributed by atoms with Crippen molar-refractivity contribution in [3.63, 3.8) is 0 Å². The second-order valence-corrected chi connectivity index (χ2v) is 8.27. The third-order valence-corrected chi connectivity index (χ3v) is 6.49. The Kier molecular flexibility index (Phi) is 6.23. The number of hydrogen-bond acceptors (Lipinski definition) is 7. The van der Waals surface area contributed by atoms with Crippen molar-refractivity contribution in [2.45, 2.75) is 12.0 Å². The lowest BCUT2D eigenvalue weighted by Crippen LogP contribution is -2.59. The highest BCUT2D eigenvalue weighted by atomic mass is 32.2. The molecule has 2 heterocycles. The van der Waals surface area contributed by atoms with E-state index in [-0.39, 0.29) is 17.1 Å². The average molecular weight is 394 g/mol. The maximum atomic E-state index is 12.9. The molecule has 2 fully saturated rings. The van der Waals surface area contributed by atoms with E-state index in [1.165, 1.54) is 12.1 Å². The molecular formula is C18H26N4O4S. The minimum absolute atomic E-state index is 0.0664. The van der Waals surface area contributed by atoms with Gasteiger partial charge in [0.1, 0.15) is 0 Å². The van der Waals surface area contributed by atoms with Crippen LogP contribution in [-0.2, 0) is 4.74 Å². The van der Waals surface area contributed by atoms with Gasteiger partial charge in [0.2, 0.25) is 0 Å². The van der Waals surface area contributed by atoms with Crippen LogP contribution >= 0.6 is 11.8 Å². The van der Waals surface area contributed by atoms with Gasteiger partial charge in [0.25, 0.3) is 11.6 Å². The highest BCUT2D eigenvalue weighted by Crippen LogP contribution is 2.34. The van der Waals surface area contributed by atoms with Crippen LogP contribution in [0.1, 0.15) is 16.8 Å². The summed E-state index contributed by atoms with van der Waals surface area (Å²) in [4.78, 5) is 27.8. The van der Waals surface area contributed by atoms with Crippen LogP contribution in [0.2, 0.25) is 0 Å². The number of nitrogens with zero attached hydrogens (tertiary/aromatic N) is 3. The zero-order valence-electron chi connectivity index (χ0n) is 15.8. The van der Waals surface area contributed by atoms with Gasteiger partial charge in [-0.15, -0.1) is 0 Å². The molecule has 0 saturated carbocycles. The maximum absolute atomic E-state index is 12.9. The summed E-state index contributed by atoms with van der Waals surface area (Å²) in [5.74, 6) is 1.78. The summed E-state index contributed by atoms with van der Waals surface area (Å²) in [6.45, 7) is 3.72. The average Bonchev–Trinajstić information content (AvgIpc) is 3.16. The van der Waals surface area contributed by atoms with E-state index in [2.05, 4.69) is 10.2 Å². The fraction of sp³-hybridized carbons (Fsp3) is 0.611. The van der Waals surface area contributed by atoms with E-state index in [1.54, 1.807) is 11.0 Å². The maximum Gasteiger partial charge on any atom is 0.270 e. The molecule has 9 heteroatoms. The van der Waals surface area contributed by atoms with Crippen molar-refractivity contribution in [3.8, 4) is 0 Å². The Hall–Kier alpha value is -1.84. The van der Waals surface area contributed by atoms with E-state index < -0.39 is 4.92 Å². The molecular weight excluding hydrogens is 368 g/mol. The van der Waals surface area contributed by atoms with Crippen LogP contribution in [0.4, 0.5) is 11.4 Å². The first kappa shape index (κ1) is 19.9. The fourth-order valence-electron chi connectivity index (χ4n) is 3.68. The predicted molar refractivity (Wildman–Crippen MR) is 107 cm³/mol. The summed E-state index contributed by atoms with van der Waals surface area (Å²) < 4.78 is 5.47. The molecule has 0 unspecified atom stereocenters. The molecule has 27 heavy (non-hydrogen) atoms. The van der Waals surface area contributed by atoms with Crippen molar-refractivity contribution in [3.05, 3.63) is 33.9 Å². The van der Waals surface area contributed by atoms with Gasteiger partial charge in [0, 0.05) is 62.8 Å². The predicted octanol–water partition coefficient (Wildman–Crippen LogP) is 1.60. The Bertz CT molecular complexity index is 701. The number of amides is 1. The molecule has 1 amide bonds. The summed E-state index contributed by atoms with van der Waals surface area (Å²) in [5, 5.41) is 14.2. The molecule has 1 aromatic rings. The zero-order chi connectivity index (χ0) is 19.4. The standard InChI is InChI=1S/C18H26N4O4S/c1-20(2)16-4-3-14(22(24)25)11-15(16)17(23)19-12-18(5-10-27-13-18)21-6-8-26-9-7-21/h3-4,11H,5-10,12-13H2,1-2H3,(H,19,23)/t18-/m1/s1. The van der Waals surface area contributed by atoms with E-state index in [0.29, 0.717) is 17.8 Å². The molecule has 0 aliphatic carbocycles. The Morgan fingerprint density at radius 3 is 2.74 bits per heavy atom. The number of nitro benzene ring substituents is 1. The summed E-state index contributed by atoms with van der Waals surface area (Å²) in [7, 11) is 3.64. The number of carbonyl (C=O) groups is 1. The quantitative estimate of drug-likeness (QED) is 0.579. The van der Waals surface area contributed by atoms with Crippen LogP contribution in [0, 0.1) is 10.1 Å². The van der Waals surface area contributed by atoms with Crippen LogP contribution in [0.25, 0.3) is 0 Å². The van der Waals surface area contributed by atoms with Crippen molar-refractivity contribution in [2.75, 3.05) is 63.3 Å². The summed E-state index contributed by atoms with van der Waals surface area (Å²) in [5.41, 5.74) is 0.852. The molecule has 8 nitrogen and oxygen atoms in total. The molecule has 2 aliphatic rings. The van der Waals surface area contributed by atoms with E-state index in [1.807, 2.05) is 25.9 Å². The van der Waals surface area contributed by atoms with Gasteiger partial charge in [0.15, 0.2) is 0 Å². The van der Waals surface area contributed by atoms with Crippen LogP contribution in [-0.4, -0.2) is 79.7 Å². The van der Waals surface area contributed by atoms with Gasteiger partial charge >= 0.3 is 0 Å². The Morgan fingerprint density at radius 2 is 2.15 bits per heavy atom. The van der Waals surface area contributed by atoms with Crippen LogP contribution in [0.15, 0.2) is 18.2 Å². The van der Waals surface area contributed by atoms with Gasteiger partial charge in [-0.25, -0.2) is 0 Å². The minimum Gasteiger partial charge on any atom is -0.379 e. The molecule has 3 rings (SSSR count). The summed E-state index contributed by atoms with van der Waals surface area (Å²) in [6, 6.07) is 4.40. The molecule has 148 valence electrons. The number of anilines is 1. The van der Waals surface area contributed by atoms with Gasteiger partial charge < -0.3 is 15.0 Å². The molecule has 1 atom stereocenters. The number of morpholine rings is 1. The third-order valence-electron chi connectivity index (χ3n) is 5.26. The molecule has 0 aromatic heterocycles. The number of rotatable bonds is 6. The number of thioether (sulfide) groups is 1. The van der Waals surface area contributed by atoms with Gasteiger partial charge in [-0.3, -0.25) is 19.8 Å². The van der Waals surface area contributed by atoms with E-state index in [4.69, 9.17) is 4.74 Å². The number of hydrogen-bond donors (Lipinski definition) is 1. The highest BCUT2D eigenvalue weighted by Gasteiger charge is 2.41. The van der Waals surface area contributed by atoms with Gasteiger partial charge in [-0.05, 0) is 18.2 Å². The summed E-state index contributed by atoms with van der Waals surface area (Å²) >= 11 is 1.91. The first-order valence-corrected chi connectivity index (χ1v) is 10.2. The smallest absolute Gasteiger partial charge is 0.270 e. The second-order valence-electron chi connectivity index (χ2n) is 7.16. The first-order chi connectivity index (χ1) is 12.9. The largest absolute Gasteiger partial charge is 0.379 e. The molecule has 0 radical (unpaired) electrons. The lowest BCUT2D eigenvalue weighted by Gasteiger charge is -2.43. The van der Waals surface area contributed by atoms with E-state index in [9.17, 15) is 14.9 Å². The van der Waals surface area contributed by atoms with Crippen LogP contribution in [0.3, 0.4) is 0 Å². The van der Waals surface area contributed by atoms with Crippen molar-refractivity contribution in [1.29, 1.82) is 0 Å². The van der Waals surface area contributed by atoms with Crippen molar-refractivity contribution < 1.29 is 14.5 Å². The molecule has 1 aromatic carbocycles. The second kappa shape index (κ2) is 8.45. The monoisotopic (exact) mass is 394 g/mol. The van der Waals surface area contributed by atoms with E-state index in [0.717, 1.165) is 44.2 Å². The normalized spacial score (nSPS) is 23.2. The SMILES string of the molecule is CN(C)c1ccc([N+](=O)[O-])cc1C(=O)NC[C@]1(N2CCOCC2)CCSC1. The first-order valence-electron chi connectivity index (χ1n) is 9.07. The topological polar surface area (TPSA) is 87.9 Å². The van der Waals surface area contributed by atoms with Gasteiger partial charge in [0.05, 0.1) is 23.7 Å². The number of nitrogens with one attached hydrogen (secondary N) is 1. The molecule has 0 spiro atoms. The highest BCUT2D eigenvalue weighted by molar-refractivity contribution is 7.99. The summed E-state index contributed by atoms with van der Waals surface area (Å²) in [6.07, 6.45) is 1.02. The van der Waals surface area contributed by atoms with Crippen LogP contribution < -0.4 is 10.2 Å². The van der Waals surface area contributed by atoms with E-state index >= 15 is 0 Å². The number of ether oxygens (including phenoxy) is 1. The lowest BCUT2D eigenvalue weighted by atomic mass is 9.95. The fourth-order valence-corrected chi connectivity index (χ4v) is 5.16. The molecule has 1 N–H and O–H groups in total. The Labute approximate surface area is 163 Å². The molecule has 2 aliphatic heterocycles. The van der Waals surface area contributed by atoms with Crippen molar-refractivity contribution in [1.82, 2.24) is 10.2 Å². The number of nitro groups is 1. The Balaban J connectivity index is 1.78. The number of non-ortho nitro benzene ring substituents is 1. The molecule has 0 bridgehead atoms. The number of benzene rings is 1. The van der Waals surface area contributed by atoms with Gasteiger partial charge in [-0.2, -0.15) is 11.8 Å². The minimum atomic E-state index is -0.473. The van der Waals surface area contributed by atoms with Gasteiger partial charge in [-0.1, -0.05) is 0 Å². The zero-order valence-corrected chi connectivity index (χ0v) is 16.6. The third kappa shape index (κ3) is 4.36. The molecule has 2 saturated heterocycles. The van der Waals surface area contributed by atoms with Crippen molar-refractivity contribution >= 4 is 29.0 Å². The van der Waals surface area contributed by atoms with Crippen LogP contribution in [0.5, 0.6) is 0 Å². The van der Waals surface area contributed by atoms with Crippen molar-refractivity contribution in [2.24, 2.45) is 0 Å².